The molecular weight excluding hydrogens is 208 g/mol. The van der Waals surface area contributed by atoms with E-state index in [2.05, 4.69) is 17.1 Å². The van der Waals surface area contributed by atoms with Gasteiger partial charge in [-0.15, -0.1) is 0 Å². The lowest BCUT2D eigenvalue weighted by Gasteiger charge is -2.36. The molecule has 0 radical (unpaired) electrons. The number of rotatable bonds is 4. The predicted octanol–water partition coefficient (Wildman–Crippen LogP) is 2.64. The molecule has 3 rings (SSSR count). The van der Waals surface area contributed by atoms with Crippen molar-refractivity contribution in [3.8, 4) is 0 Å². The van der Waals surface area contributed by atoms with Gasteiger partial charge < -0.3 is 5.32 Å². The molecule has 98 valence electrons. The Morgan fingerprint density at radius 1 is 1.06 bits per heavy atom. The average Bonchev–Trinajstić information content (AvgIpc) is 3.11. The molecule has 0 aromatic heterocycles. The van der Waals surface area contributed by atoms with Gasteiger partial charge in [-0.3, -0.25) is 4.90 Å². The first kappa shape index (κ1) is 12.0. The molecule has 3 unspecified atom stereocenters. The zero-order valence-electron chi connectivity index (χ0n) is 11.3. The maximum absolute atomic E-state index is 3.57. The summed E-state index contributed by atoms with van der Waals surface area (Å²) in [7, 11) is 0. The molecule has 1 N–H and O–H groups in total. The molecule has 0 aromatic rings. The third-order valence-electron chi connectivity index (χ3n) is 5.13. The molecule has 0 spiro atoms. The largest absolute Gasteiger partial charge is 0.316 e. The number of hydrogen-bond donors (Lipinski definition) is 1. The van der Waals surface area contributed by atoms with E-state index in [1.165, 1.54) is 64.6 Å². The highest BCUT2D eigenvalue weighted by Crippen LogP contribution is 2.38. The van der Waals surface area contributed by atoms with Crippen LogP contribution in [-0.2, 0) is 0 Å². The summed E-state index contributed by atoms with van der Waals surface area (Å²) >= 11 is 0. The molecule has 3 aliphatic rings. The number of nitrogens with one attached hydrogen (secondary N) is 1. The highest BCUT2D eigenvalue weighted by Gasteiger charge is 2.38. The van der Waals surface area contributed by atoms with Crippen molar-refractivity contribution in [2.45, 2.75) is 64.0 Å². The average molecular weight is 236 g/mol. The molecule has 0 bridgehead atoms. The van der Waals surface area contributed by atoms with Gasteiger partial charge in [-0.2, -0.15) is 0 Å². The Balaban J connectivity index is 1.59. The highest BCUT2D eigenvalue weighted by molar-refractivity contribution is 4.94. The first-order chi connectivity index (χ1) is 8.34. The standard InChI is InChI=1S/C15H28N2/c1-12-4-2-6-15(12)17(14-7-8-14)11-13-5-3-9-16-10-13/h12-16H,2-11H2,1H3. The smallest absolute Gasteiger partial charge is 0.0124 e. The van der Waals surface area contributed by atoms with E-state index in [1.54, 1.807) is 0 Å². The van der Waals surface area contributed by atoms with Crippen LogP contribution in [0.25, 0.3) is 0 Å². The monoisotopic (exact) mass is 236 g/mol. The van der Waals surface area contributed by atoms with E-state index < -0.39 is 0 Å². The molecule has 3 atom stereocenters. The Bertz CT molecular complexity index is 243. The minimum atomic E-state index is 0.921. The number of piperidine rings is 1. The maximum atomic E-state index is 3.57. The fraction of sp³-hybridized carbons (Fsp3) is 1.00. The van der Waals surface area contributed by atoms with Crippen LogP contribution in [0.3, 0.4) is 0 Å². The van der Waals surface area contributed by atoms with Crippen LogP contribution in [-0.4, -0.2) is 36.6 Å². The summed E-state index contributed by atoms with van der Waals surface area (Å²) in [6.45, 7) is 6.38. The fourth-order valence-corrected chi connectivity index (χ4v) is 3.96. The molecule has 2 nitrogen and oxygen atoms in total. The quantitative estimate of drug-likeness (QED) is 0.807. The lowest BCUT2D eigenvalue weighted by molar-refractivity contribution is 0.123. The van der Waals surface area contributed by atoms with Gasteiger partial charge >= 0.3 is 0 Å². The number of nitrogens with zero attached hydrogens (tertiary/aromatic N) is 1. The Morgan fingerprint density at radius 3 is 2.53 bits per heavy atom. The van der Waals surface area contributed by atoms with E-state index in [0.29, 0.717) is 0 Å². The van der Waals surface area contributed by atoms with Gasteiger partial charge in [0.05, 0.1) is 0 Å². The van der Waals surface area contributed by atoms with Crippen LogP contribution in [0.5, 0.6) is 0 Å². The predicted molar refractivity (Wildman–Crippen MR) is 72.1 cm³/mol. The van der Waals surface area contributed by atoms with Gasteiger partial charge in [-0.05, 0) is 63.5 Å². The summed E-state index contributed by atoms with van der Waals surface area (Å²) in [5.74, 6) is 1.88. The van der Waals surface area contributed by atoms with Gasteiger partial charge in [0.15, 0.2) is 0 Å². The van der Waals surface area contributed by atoms with E-state index >= 15 is 0 Å². The van der Waals surface area contributed by atoms with Crippen molar-refractivity contribution in [2.24, 2.45) is 11.8 Å². The van der Waals surface area contributed by atoms with Crippen molar-refractivity contribution in [3.63, 3.8) is 0 Å². The van der Waals surface area contributed by atoms with Crippen LogP contribution >= 0.6 is 0 Å². The first-order valence-corrected chi connectivity index (χ1v) is 7.81. The Labute approximate surface area is 106 Å². The second-order valence-corrected chi connectivity index (χ2v) is 6.62. The zero-order chi connectivity index (χ0) is 11.7. The van der Waals surface area contributed by atoms with Gasteiger partial charge in [0, 0.05) is 18.6 Å². The van der Waals surface area contributed by atoms with Gasteiger partial charge in [-0.25, -0.2) is 0 Å². The van der Waals surface area contributed by atoms with Crippen LogP contribution < -0.4 is 5.32 Å². The van der Waals surface area contributed by atoms with E-state index in [4.69, 9.17) is 0 Å². The van der Waals surface area contributed by atoms with Crippen LogP contribution in [0, 0.1) is 11.8 Å². The first-order valence-electron chi connectivity index (χ1n) is 7.81. The summed E-state index contributed by atoms with van der Waals surface area (Å²) < 4.78 is 0. The van der Waals surface area contributed by atoms with Gasteiger partial charge in [-0.1, -0.05) is 13.3 Å². The zero-order valence-corrected chi connectivity index (χ0v) is 11.3. The Hall–Kier alpha value is -0.0800. The van der Waals surface area contributed by atoms with Crippen LogP contribution in [0.2, 0.25) is 0 Å². The lowest BCUT2D eigenvalue weighted by Crippen LogP contribution is -2.45. The lowest BCUT2D eigenvalue weighted by atomic mass is 9.96. The van der Waals surface area contributed by atoms with Crippen molar-refractivity contribution < 1.29 is 0 Å². The molecule has 2 heteroatoms. The van der Waals surface area contributed by atoms with Crippen molar-refractivity contribution in [3.05, 3.63) is 0 Å². The SMILES string of the molecule is CC1CCCC1N(CC1CCCNC1)C1CC1. The fourth-order valence-electron chi connectivity index (χ4n) is 3.96. The summed E-state index contributed by atoms with van der Waals surface area (Å²) in [5.41, 5.74) is 0. The minimum absolute atomic E-state index is 0.921. The Kier molecular flexibility index (Phi) is 3.72. The second-order valence-electron chi connectivity index (χ2n) is 6.62. The molecular formula is C15H28N2. The van der Waals surface area contributed by atoms with Gasteiger partial charge in [0.25, 0.3) is 0 Å². The Morgan fingerprint density at radius 2 is 1.94 bits per heavy atom. The molecule has 1 saturated heterocycles. The molecule has 0 amide bonds. The summed E-state index contributed by atoms with van der Waals surface area (Å²) in [5, 5.41) is 3.57. The molecule has 2 aliphatic carbocycles. The minimum Gasteiger partial charge on any atom is -0.316 e. The van der Waals surface area contributed by atoms with Crippen molar-refractivity contribution in [2.75, 3.05) is 19.6 Å². The van der Waals surface area contributed by atoms with Crippen molar-refractivity contribution in [1.82, 2.24) is 10.2 Å². The third kappa shape index (κ3) is 2.85. The van der Waals surface area contributed by atoms with E-state index in [0.717, 1.165) is 23.9 Å². The van der Waals surface area contributed by atoms with Crippen LogP contribution in [0.15, 0.2) is 0 Å². The second kappa shape index (κ2) is 5.27. The van der Waals surface area contributed by atoms with Crippen LogP contribution in [0.1, 0.15) is 51.9 Å². The van der Waals surface area contributed by atoms with Crippen LogP contribution in [0.4, 0.5) is 0 Å². The normalized spacial score (nSPS) is 38.8. The molecule has 2 saturated carbocycles. The topological polar surface area (TPSA) is 15.3 Å². The summed E-state index contributed by atoms with van der Waals surface area (Å²) in [4.78, 5) is 2.91. The van der Waals surface area contributed by atoms with E-state index in [9.17, 15) is 0 Å². The van der Waals surface area contributed by atoms with Gasteiger partial charge in [0.2, 0.25) is 0 Å². The molecule has 0 aromatic carbocycles. The van der Waals surface area contributed by atoms with Gasteiger partial charge in [0.1, 0.15) is 0 Å². The molecule has 1 aliphatic heterocycles. The molecule has 3 fully saturated rings. The van der Waals surface area contributed by atoms with Crippen molar-refractivity contribution >= 4 is 0 Å². The van der Waals surface area contributed by atoms with Crippen molar-refractivity contribution in [1.29, 1.82) is 0 Å². The van der Waals surface area contributed by atoms with E-state index in [1.807, 2.05) is 0 Å². The highest BCUT2D eigenvalue weighted by atomic mass is 15.2. The summed E-state index contributed by atoms with van der Waals surface area (Å²) in [6.07, 6.45) is 10.2. The summed E-state index contributed by atoms with van der Waals surface area (Å²) in [6, 6.07) is 1.88. The maximum Gasteiger partial charge on any atom is 0.0124 e. The molecule has 1 heterocycles. The molecule has 17 heavy (non-hydrogen) atoms. The van der Waals surface area contributed by atoms with E-state index in [-0.39, 0.29) is 0 Å². The number of hydrogen-bond acceptors (Lipinski definition) is 2. The third-order valence-corrected chi connectivity index (χ3v) is 5.13.